The van der Waals surface area contributed by atoms with Gasteiger partial charge in [0.05, 0.1) is 46.1 Å². The molecule has 4 N–H and O–H groups in total. The van der Waals surface area contributed by atoms with Crippen LogP contribution in [0.1, 0.15) is 33.3 Å². The molecule has 0 radical (unpaired) electrons. The molecule has 4 aromatic rings. The molecule has 4 aromatic carbocycles. The second-order valence-corrected chi connectivity index (χ2v) is 20.2. The summed E-state index contributed by atoms with van der Waals surface area (Å²) in [5.41, 5.74) is 5.56. The highest BCUT2D eigenvalue weighted by Gasteiger charge is 2.22. The van der Waals surface area contributed by atoms with Crippen molar-refractivity contribution in [1.82, 2.24) is 19.6 Å². The maximum atomic E-state index is 12.1. The van der Waals surface area contributed by atoms with Crippen LogP contribution in [0.4, 0.5) is 40.3 Å². The SMILES string of the molecule is CC(=N)N1CCN(c2ccc(COCCF)cc2)CC1.CC(=N)N1CCN(c2ccc(OCCF)c(Br)c2)CC1.CC(=N)N1CCN(c2ccc(OCCF)c(Cl)c2)CC1.CC(=N)N1CCN(c2ccc(OCCF)cc2)CC1. The third-order valence-corrected chi connectivity index (χ3v) is 14.5. The molecule has 4 aliphatic heterocycles. The van der Waals surface area contributed by atoms with Gasteiger partial charge in [-0.3, -0.25) is 21.6 Å². The van der Waals surface area contributed by atoms with E-state index in [0.29, 0.717) is 52.2 Å². The Hall–Kier alpha value is -6.19. The van der Waals surface area contributed by atoms with E-state index in [0.717, 1.165) is 132 Å². The Morgan fingerprint density at radius 2 is 0.759 bits per heavy atom. The van der Waals surface area contributed by atoms with E-state index in [1.165, 1.54) is 5.69 Å². The number of piperazine rings is 4. The van der Waals surface area contributed by atoms with E-state index in [2.05, 4.69) is 67.3 Å². The van der Waals surface area contributed by atoms with Crippen molar-refractivity contribution in [2.75, 3.05) is 177 Å². The summed E-state index contributed by atoms with van der Waals surface area (Å²) in [6.07, 6.45) is 0. The van der Waals surface area contributed by atoms with Gasteiger partial charge >= 0.3 is 0 Å². The third-order valence-electron chi connectivity index (χ3n) is 13.6. The van der Waals surface area contributed by atoms with Crippen LogP contribution in [-0.4, -0.2) is 201 Å². The van der Waals surface area contributed by atoms with Crippen LogP contribution in [0.2, 0.25) is 5.02 Å². The van der Waals surface area contributed by atoms with Crippen LogP contribution in [0.25, 0.3) is 0 Å². The second-order valence-electron chi connectivity index (χ2n) is 19.0. The predicted octanol–water partition coefficient (Wildman–Crippen LogP) is 10.2. The standard InChI is InChI=1S/C15H22FN3O.C14H19BrFN3O.C14H19ClFN3O.C14H20FN3O/c1-13(17)18-7-9-19(10-8-18)15-4-2-14(3-5-15)12-20-11-6-16;2*1-11(17)18-5-7-19(8-6-18)12-2-3-14(13(15)10-12)20-9-4-16;1-12(16)17-7-9-18(10-8-17)13-2-4-14(5-3-13)19-11-6-15/h2-5,17H,6-12H2,1H3;2*2-3,10,17H,4-9H2,1H3;2-5,16H,6-11H2,1H3. The molecule has 0 saturated carbocycles. The molecule has 4 saturated heterocycles. The van der Waals surface area contributed by atoms with Gasteiger partial charge in [0.2, 0.25) is 0 Å². The van der Waals surface area contributed by atoms with Gasteiger partial charge in [0.15, 0.2) is 0 Å². The summed E-state index contributed by atoms with van der Waals surface area (Å²) < 4.78 is 69.9. The van der Waals surface area contributed by atoms with Gasteiger partial charge in [0.25, 0.3) is 0 Å². The highest BCUT2D eigenvalue weighted by Crippen LogP contribution is 2.32. The Balaban J connectivity index is 0.000000194. The summed E-state index contributed by atoms with van der Waals surface area (Å²) >= 11 is 9.61. The van der Waals surface area contributed by atoms with Crippen LogP contribution in [0.3, 0.4) is 0 Å². The number of hydrogen-bond donors (Lipinski definition) is 4. The number of nitrogens with zero attached hydrogens (tertiary/aromatic N) is 8. The number of rotatable bonds is 17. The molecule has 8 rings (SSSR count). The van der Waals surface area contributed by atoms with Gasteiger partial charge in [0.1, 0.15) is 63.8 Å². The van der Waals surface area contributed by atoms with Crippen LogP contribution < -0.4 is 33.8 Å². The Bertz CT molecular complexity index is 2390. The molecule has 4 aliphatic rings. The Morgan fingerprint density at radius 1 is 0.430 bits per heavy atom. The molecule has 0 amide bonds. The molecule has 434 valence electrons. The predicted molar refractivity (Wildman–Crippen MR) is 317 cm³/mol. The van der Waals surface area contributed by atoms with Crippen molar-refractivity contribution in [3.8, 4) is 17.2 Å². The Labute approximate surface area is 478 Å². The summed E-state index contributed by atoms with van der Waals surface area (Å²) in [5, 5.41) is 31.0. The van der Waals surface area contributed by atoms with E-state index in [1.54, 1.807) is 6.07 Å². The van der Waals surface area contributed by atoms with E-state index in [-0.39, 0.29) is 26.4 Å². The van der Waals surface area contributed by atoms with Crippen LogP contribution in [0.15, 0.2) is 89.4 Å². The quantitative estimate of drug-likeness (QED) is 0.0344. The maximum Gasteiger partial charge on any atom is 0.138 e. The minimum absolute atomic E-state index is 0.0242. The summed E-state index contributed by atoms with van der Waals surface area (Å²) in [6.45, 7) is 20.4. The summed E-state index contributed by atoms with van der Waals surface area (Å²) in [6, 6.07) is 27.4. The van der Waals surface area contributed by atoms with Crippen LogP contribution in [0.5, 0.6) is 17.2 Å². The van der Waals surface area contributed by atoms with Gasteiger partial charge in [-0.25, -0.2) is 17.6 Å². The van der Waals surface area contributed by atoms with Crippen molar-refractivity contribution in [2.24, 2.45) is 0 Å². The van der Waals surface area contributed by atoms with Crippen molar-refractivity contribution in [2.45, 2.75) is 34.3 Å². The topological polar surface area (TPSA) is 158 Å². The Morgan fingerprint density at radius 3 is 1.13 bits per heavy atom. The first kappa shape index (κ1) is 63.6. The molecule has 16 nitrogen and oxygen atoms in total. The van der Waals surface area contributed by atoms with E-state index >= 15 is 0 Å². The average Bonchev–Trinajstić information content (AvgIpc) is 3.47. The normalized spacial score (nSPS) is 15.4. The lowest BCUT2D eigenvalue weighted by Crippen LogP contribution is -2.47. The molecule has 22 heteroatoms. The molecule has 0 spiro atoms. The molecule has 0 atom stereocenters. The number of anilines is 4. The summed E-state index contributed by atoms with van der Waals surface area (Å²) in [5.74, 6) is 4.40. The van der Waals surface area contributed by atoms with Gasteiger partial charge in [-0.2, -0.15) is 0 Å². The van der Waals surface area contributed by atoms with Crippen molar-refractivity contribution < 1.29 is 36.5 Å². The zero-order valence-corrected chi connectivity index (χ0v) is 48.6. The maximum absolute atomic E-state index is 12.1. The fourth-order valence-corrected chi connectivity index (χ4v) is 9.77. The van der Waals surface area contributed by atoms with Gasteiger partial charge < -0.3 is 58.1 Å². The lowest BCUT2D eigenvalue weighted by Gasteiger charge is -2.36. The smallest absolute Gasteiger partial charge is 0.138 e. The van der Waals surface area contributed by atoms with E-state index in [1.807, 2.05) is 94.4 Å². The largest absolute Gasteiger partial charge is 0.491 e. The van der Waals surface area contributed by atoms with Gasteiger partial charge in [-0.15, -0.1) is 0 Å². The van der Waals surface area contributed by atoms with Crippen molar-refractivity contribution in [1.29, 1.82) is 21.6 Å². The molecule has 79 heavy (non-hydrogen) atoms. The fraction of sp³-hybridized carbons (Fsp3) is 0.509. The number of nitrogens with one attached hydrogen (secondary N) is 4. The minimum Gasteiger partial charge on any atom is -0.491 e. The second kappa shape index (κ2) is 34.1. The fourth-order valence-electron chi connectivity index (χ4n) is 9.06. The zero-order chi connectivity index (χ0) is 57.1. The molecule has 0 bridgehead atoms. The molecular formula is C57H80BrClF4N12O4. The highest BCUT2D eigenvalue weighted by atomic mass is 79.9. The molecule has 4 heterocycles. The first-order valence-electron chi connectivity index (χ1n) is 26.8. The Kier molecular flexibility index (Phi) is 27.4. The zero-order valence-electron chi connectivity index (χ0n) is 46.2. The number of alkyl halides is 4. The number of amidine groups is 4. The van der Waals surface area contributed by atoms with Crippen LogP contribution >= 0.6 is 27.5 Å². The van der Waals surface area contributed by atoms with Crippen LogP contribution in [-0.2, 0) is 11.3 Å². The summed E-state index contributed by atoms with van der Waals surface area (Å²) in [7, 11) is 0. The van der Waals surface area contributed by atoms with Gasteiger partial charge in [0, 0.05) is 127 Å². The third kappa shape index (κ3) is 21.1. The first-order valence-corrected chi connectivity index (χ1v) is 28.0. The monoisotopic (exact) mass is 1190 g/mol. The van der Waals surface area contributed by atoms with Crippen LogP contribution in [0, 0.1) is 21.6 Å². The number of halogens is 6. The molecular weight excluding hydrogens is 1110 g/mol. The van der Waals surface area contributed by atoms with E-state index < -0.39 is 26.7 Å². The highest BCUT2D eigenvalue weighted by molar-refractivity contribution is 9.10. The molecule has 0 aromatic heterocycles. The molecule has 0 unspecified atom stereocenters. The number of benzene rings is 4. The molecule has 0 aliphatic carbocycles. The van der Waals surface area contributed by atoms with E-state index in [4.69, 9.17) is 52.2 Å². The lowest BCUT2D eigenvalue weighted by atomic mass is 10.2. The summed E-state index contributed by atoms with van der Waals surface area (Å²) in [4.78, 5) is 17.4. The van der Waals surface area contributed by atoms with Crippen molar-refractivity contribution in [3.63, 3.8) is 0 Å². The molecule has 4 fully saturated rings. The van der Waals surface area contributed by atoms with Gasteiger partial charge in [-0.1, -0.05) is 23.7 Å². The average molecular weight is 1190 g/mol. The first-order chi connectivity index (χ1) is 38.1. The minimum atomic E-state index is -0.525. The number of ether oxygens (including phenoxy) is 4. The van der Waals surface area contributed by atoms with Gasteiger partial charge in [-0.05, 0) is 122 Å². The van der Waals surface area contributed by atoms with E-state index in [9.17, 15) is 17.6 Å². The number of hydrogen-bond acceptors (Lipinski definition) is 12. The lowest BCUT2D eigenvalue weighted by molar-refractivity contribution is 0.106. The van der Waals surface area contributed by atoms with Crippen molar-refractivity contribution in [3.05, 3.63) is 100.0 Å². The van der Waals surface area contributed by atoms with Crippen molar-refractivity contribution >= 4 is 73.6 Å².